The van der Waals surface area contributed by atoms with Gasteiger partial charge in [0.1, 0.15) is 6.10 Å². The van der Waals surface area contributed by atoms with Crippen molar-refractivity contribution in [3.63, 3.8) is 0 Å². The summed E-state index contributed by atoms with van der Waals surface area (Å²) in [4.78, 5) is 53.4. The molecule has 7 heteroatoms. The van der Waals surface area contributed by atoms with E-state index in [9.17, 15) is 24.3 Å². The number of Topliss-reactive ketones (excluding diaryl/α,β-unsaturated/α-hetero) is 2. The highest BCUT2D eigenvalue weighted by atomic mass is 16.5. The van der Waals surface area contributed by atoms with Gasteiger partial charge in [-0.2, -0.15) is 0 Å². The van der Waals surface area contributed by atoms with E-state index < -0.39 is 39.4 Å². The second-order valence-corrected chi connectivity index (χ2v) is 12.9. The van der Waals surface area contributed by atoms with Crippen LogP contribution in [0.1, 0.15) is 81.1 Å². The molecule has 35 heavy (non-hydrogen) atoms. The Kier molecular flexibility index (Phi) is 5.41. The molecule has 0 unspecified atom stereocenters. The predicted octanol–water partition coefficient (Wildman–Crippen LogP) is 3.81. The predicted molar refractivity (Wildman–Crippen MR) is 128 cm³/mol. The molecule has 0 spiro atoms. The van der Waals surface area contributed by atoms with Crippen molar-refractivity contribution >= 4 is 23.5 Å². The van der Waals surface area contributed by atoms with Gasteiger partial charge < -0.3 is 14.6 Å². The number of hydrogen-bond donors (Lipinski definition) is 1. The summed E-state index contributed by atoms with van der Waals surface area (Å²) >= 11 is 0. The Balaban J connectivity index is 1.97. The van der Waals surface area contributed by atoms with Gasteiger partial charge in [0.25, 0.3) is 0 Å². The van der Waals surface area contributed by atoms with E-state index in [4.69, 9.17) is 9.47 Å². The molecule has 4 aliphatic rings. The lowest BCUT2D eigenvalue weighted by Gasteiger charge is -2.68. The number of hydrogen-bond acceptors (Lipinski definition) is 7. The molecule has 0 amide bonds. The second-order valence-electron chi connectivity index (χ2n) is 12.9. The Morgan fingerprint density at radius 3 is 2.14 bits per heavy atom. The lowest BCUT2D eigenvalue weighted by atomic mass is 9.34. The summed E-state index contributed by atoms with van der Waals surface area (Å²) in [5, 5.41) is 11.2. The molecule has 0 aromatic heterocycles. The van der Waals surface area contributed by atoms with Gasteiger partial charge in [-0.25, -0.2) is 0 Å². The summed E-state index contributed by atoms with van der Waals surface area (Å²) < 4.78 is 11.0. The number of fused-ring (bicyclic) bond motifs is 5. The zero-order chi connectivity index (χ0) is 26.6. The van der Waals surface area contributed by atoms with Crippen molar-refractivity contribution in [2.45, 2.75) is 92.8 Å². The second kappa shape index (κ2) is 7.27. The molecule has 0 radical (unpaired) electrons. The smallest absolute Gasteiger partial charge is 0.321 e. The molecule has 0 saturated heterocycles. The van der Waals surface area contributed by atoms with Gasteiger partial charge in [-0.05, 0) is 69.1 Å². The minimum atomic E-state index is -2.28. The number of carbonyl (C=O) groups excluding carboxylic acids is 4. The van der Waals surface area contributed by atoms with Crippen molar-refractivity contribution in [1.29, 1.82) is 0 Å². The molecule has 0 aliphatic heterocycles. The number of ketones is 2. The van der Waals surface area contributed by atoms with E-state index in [2.05, 4.69) is 26.8 Å². The van der Waals surface area contributed by atoms with Crippen molar-refractivity contribution in [3.8, 4) is 0 Å². The number of ether oxygens (including phenoxy) is 2. The van der Waals surface area contributed by atoms with Crippen LogP contribution in [0.3, 0.4) is 0 Å². The van der Waals surface area contributed by atoms with Gasteiger partial charge >= 0.3 is 11.9 Å². The Bertz CT molecular complexity index is 1050. The van der Waals surface area contributed by atoms with Crippen molar-refractivity contribution in [2.75, 3.05) is 7.11 Å². The molecule has 0 aromatic rings. The van der Waals surface area contributed by atoms with E-state index in [-0.39, 0.29) is 34.7 Å². The Hall–Kier alpha value is -2.02. The van der Waals surface area contributed by atoms with Gasteiger partial charge in [0.2, 0.25) is 0 Å². The first kappa shape index (κ1) is 26.1. The minimum absolute atomic E-state index is 0.155. The summed E-state index contributed by atoms with van der Waals surface area (Å²) in [6.45, 7) is 14.5. The van der Waals surface area contributed by atoms with Crippen LogP contribution in [0.4, 0.5) is 0 Å². The van der Waals surface area contributed by atoms with E-state index in [0.29, 0.717) is 24.8 Å². The fourth-order valence-electron chi connectivity index (χ4n) is 9.43. The highest BCUT2D eigenvalue weighted by molar-refractivity contribution is 6.30. The van der Waals surface area contributed by atoms with Gasteiger partial charge in [-0.3, -0.25) is 19.2 Å². The van der Waals surface area contributed by atoms with Crippen molar-refractivity contribution < 1.29 is 33.8 Å². The number of esters is 2. The van der Waals surface area contributed by atoms with Crippen LogP contribution >= 0.6 is 0 Å². The zero-order valence-corrected chi connectivity index (χ0v) is 22.5. The molecule has 4 aliphatic carbocycles. The van der Waals surface area contributed by atoms with Crippen LogP contribution in [0.15, 0.2) is 11.6 Å². The first-order chi connectivity index (χ1) is 15.9. The number of aliphatic hydroxyl groups is 1. The molecule has 3 saturated carbocycles. The number of carbonyl (C=O) groups is 4. The Morgan fingerprint density at radius 1 is 1.00 bits per heavy atom. The van der Waals surface area contributed by atoms with Gasteiger partial charge in [0.15, 0.2) is 22.6 Å². The van der Waals surface area contributed by atoms with Gasteiger partial charge in [0.05, 0.1) is 12.5 Å². The van der Waals surface area contributed by atoms with E-state index >= 15 is 0 Å². The van der Waals surface area contributed by atoms with Crippen LogP contribution in [0, 0.1) is 38.9 Å². The van der Waals surface area contributed by atoms with Crippen LogP contribution in [0.2, 0.25) is 0 Å². The van der Waals surface area contributed by atoms with Gasteiger partial charge in [-0.1, -0.05) is 39.3 Å². The lowest BCUT2D eigenvalue weighted by molar-refractivity contribution is -0.219. The van der Waals surface area contributed by atoms with Crippen LogP contribution in [0.25, 0.3) is 0 Å². The van der Waals surface area contributed by atoms with Crippen molar-refractivity contribution in [2.24, 2.45) is 38.9 Å². The van der Waals surface area contributed by atoms with Crippen LogP contribution in [-0.2, 0) is 28.7 Å². The molecule has 4 rings (SSSR count). The normalized spacial score (nSPS) is 48.3. The summed E-state index contributed by atoms with van der Waals surface area (Å²) in [6, 6.07) is 0. The van der Waals surface area contributed by atoms with Crippen molar-refractivity contribution in [1.82, 2.24) is 0 Å². The van der Waals surface area contributed by atoms with Crippen LogP contribution in [0.5, 0.6) is 0 Å². The number of methoxy groups -OCH3 is 1. The quantitative estimate of drug-likeness (QED) is 0.358. The molecular formula is C28H40O7. The Morgan fingerprint density at radius 2 is 1.60 bits per heavy atom. The summed E-state index contributed by atoms with van der Waals surface area (Å²) in [7, 11) is 1.25. The third kappa shape index (κ3) is 2.66. The molecule has 0 aromatic carbocycles. The molecular weight excluding hydrogens is 448 g/mol. The maximum absolute atomic E-state index is 14.1. The van der Waals surface area contributed by atoms with Gasteiger partial charge in [0, 0.05) is 12.3 Å². The first-order valence-electron chi connectivity index (χ1n) is 12.7. The topological polar surface area (TPSA) is 107 Å². The average Bonchev–Trinajstić information content (AvgIpc) is 2.88. The van der Waals surface area contributed by atoms with Crippen molar-refractivity contribution in [3.05, 3.63) is 11.6 Å². The largest absolute Gasteiger partial charge is 0.468 e. The lowest BCUT2D eigenvalue weighted by Crippen LogP contribution is -2.70. The van der Waals surface area contributed by atoms with Crippen LogP contribution in [-0.4, -0.2) is 47.4 Å². The number of rotatable bonds is 2. The minimum Gasteiger partial charge on any atom is -0.468 e. The molecule has 8 atom stereocenters. The average molecular weight is 489 g/mol. The monoisotopic (exact) mass is 488 g/mol. The fourth-order valence-corrected chi connectivity index (χ4v) is 9.43. The Labute approximate surface area is 208 Å². The fraction of sp³-hybridized carbons (Fsp3) is 0.786. The van der Waals surface area contributed by atoms with E-state index in [0.717, 1.165) is 6.42 Å². The molecule has 3 fully saturated rings. The van der Waals surface area contributed by atoms with E-state index in [1.165, 1.54) is 21.0 Å². The maximum atomic E-state index is 14.1. The third-order valence-corrected chi connectivity index (χ3v) is 11.1. The molecule has 0 bridgehead atoms. The molecule has 7 nitrogen and oxygen atoms in total. The third-order valence-electron chi connectivity index (χ3n) is 11.1. The number of allylic oxidation sites excluding steroid dienone is 2. The summed E-state index contributed by atoms with van der Waals surface area (Å²) in [5.74, 6) is -2.49. The zero-order valence-electron chi connectivity index (χ0n) is 22.5. The molecule has 194 valence electrons. The standard InChI is InChI=1S/C28H40O7/c1-15-14-18-24(5)12-11-19(35-16(2)29)23(3,4)17(24)10-13-25(18,6)28(22(32)34-9)21(31)27(8,33)20(30)26(15,28)7/h14,17-19,33H,10-13H2,1-9H3/t17-,18+,19-,24-,25-,26-,27+,28-/m0/s1. The highest BCUT2D eigenvalue weighted by Crippen LogP contribution is 2.76. The van der Waals surface area contributed by atoms with Crippen LogP contribution < -0.4 is 0 Å². The highest BCUT2D eigenvalue weighted by Gasteiger charge is 2.85. The molecule has 1 N–H and O–H groups in total. The molecule has 0 heterocycles. The summed E-state index contributed by atoms with van der Waals surface area (Å²) in [6.07, 6.45) is 4.49. The summed E-state index contributed by atoms with van der Waals surface area (Å²) in [5.41, 5.74) is -6.57. The van der Waals surface area contributed by atoms with E-state index in [1.54, 1.807) is 13.8 Å². The maximum Gasteiger partial charge on any atom is 0.321 e. The SMILES string of the molecule is COC(=O)[C@]12C(=O)[C@](C)(O)C(=O)[C@]1(C)C(C)=C[C@@H]1[C@@]3(C)CC[C@H](OC(C)=O)C(C)(C)[C@@H]3CC[C@@]12C. The van der Waals surface area contributed by atoms with E-state index in [1.807, 2.05) is 6.92 Å². The van der Waals surface area contributed by atoms with Gasteiger partial charge in [-0.15, -0.1) is 0 Å². The first-order valence-corrected chi connectivity index (χ1v) is 12.7.